The largest absolute Gasteiger partial charge is 0.240 e. The van der Waals surface area contributed by atoms with Gasteiger partial charge in [0.05, 0.1) is 4.90 Å². The van der Waals surface area contributed by atoms with Gasteiger partial charge in [0.25, 0.3) is 0 Å². The van der Waals surface area contributed by atoms with Gasteiger partial charge in [-0.25, -0.2) is 13.1 Å². The van der Waals surface area contributed by atoms with E-state index < -0.39 is 10.0 Å². The van der Waals surface area contributed by atoms with Gasteiger partial charge in [0.15, 0.2) is 0 Å². The molecule has 96 valence electrons. The minimum Gasteiger partial charge on any atom is -0.211 e. The van der Waals surface area contributed by atoms with Gasteiger partial charge < -0.3 is 0 Å². The molecule has 0 radical (unpaired) electrons. The lowest BCUT2D eigenvalue weighted by Crippen LogP contribution is -2.27. The Bertz CT molecular complexity index is 447. The molecule has 0 aliphatic carbocycles. The summed E-state index contributed by atoms with van der Waals surface area (Å²) < 4.78 is 26.4. The molecule has 0 fully saturated rings. The molecule has 1 aromatic rings. The molecule has 17 heavy (non-hydrogen) atoms. The predicted octanol–water partition coefficient (Wildman–Crippen LogP) is 2.74. The summed E-state index contributed by atoms with van der Waals surface area (Å²) in [5.74, 6) is 0.718. The van der Waals surface area contributed by atoms with Crippen LogP contribution in [0.25, 0.3) is 0 Å². The number of sulfonamides is 1. The Morgan fingerprint density at radius 1 is 1.06 bits per heavy atom. The lowest BCUT2D eigenvalue weighted by atomic mass is 10.0. The zero-order valence-electron chi connectivity index (χ0n) is 10.9. The maximum Gasteiger partial charge on any atom is 0.240 e. The van der Waals surface area contributed by atoms with Crippen LogP contribution in [-0.2, 0) is 10.0 Å². The maximum atomic E-state index is 11.9. The van der Waals surface area contributed by atoms with Crippen LogP contribution in [0.15, 0.2) is 29.2 Å². The smallest absolute Gasteiger partial charge is 0.211 e. The minimum absolute atomic E-state index is 0.305. The highest BCUT2D eigenvalue weighted by Gasteiger charge is 2.14. The minimum atomic E-state index is -3.35. The molecule has 0 aromatic heterocycles. The van der Waals surface area contributed by atoms with Crippen LogP contribution in [0.2, 0.25) is 0 Å². The van der Waals surface area contributed by atoms with Crippen molar-refractivity contribution in [2.45, 2.75) is 38.5 Å². The summed E-state index contributed by atoms with van der Waals surface area (Å²) in [6, 6.07) is 7.07. The van der Waals surface area contributed by atoms with Crippen molar-refractivity contribution in [2.24, 2.45) is 5.92 Å². The van der Waals surface area contributed by atoms with Gasteiger partial charge in [0.2, 0.25) is 10.0 Å². The van der Waals surface area contributed by atoms with Gasteiger partial charge in [-0.2, -0.15) is 0 Å². The van der Waals surface area contributed by atoms with Crippen LogP contribution in [0.3, 0.4) is 0 Å². The summed E-state index contributed by atoms with van der Waals surface area (Å²) >= 11 is 0. The van der Waals surface area contributed by atoms with Crippen molar-refractivity contribution in [3.05, 3.63) is 29.8 Å². The molecule has 0 saturated carbocycles. The number of rotatable bonds is 5. The van der Waals surface area contributed by atoms with Crippen LogP contribution in [0.4, 0.5) is 0 Å². The number of hydrogen-bond acceptors (Lipinski definition) is 2. The van der Waals surface area contributed by atoms with Gasteiger partial charge in [-0.15, -0.1) is 0 Å². The molecule has 0 spiro atoms. The highest BCUT2D eigenvalue weighted by molar-refractivity contribution is 7.89. The van der Waals surface area contributed by atoms with E-state index in [2.05, 4.69) is 18.6 Å². The zero-order chi connectivity index (χ0) is 13.1. The number of benzene rings is 1. The molecule has 0 saturated heterocycles. The van der Waals surface area contributed by atoms with Crippen molar-refractivity contribution in [1.82, 2.24) is 4.72 Å². The third-order valence-electron chi connectivity index (χ3n) is 2.54. The Morgan fingerprint density at radius 3 is 2.00 bits per heavy atom. The zero-order valence-corrected chi connectivity index (χ0v) is 11.7. The topological polar surface area (TPSA) is 46.2 Å². The van der Waals surface area contributed by atoms with E-state index in [9.17, 15) is 8.42 Å². The Kier molecular flexibility index (Phi) is 4.71. The second-order valence-corrected chi connectivity index (χ2v) is 6.74. The molecular formula is C13H21NO2S. The third-order valence-corrected chi connectivity index (χ3v) is 3.98. The van der Waals surface area contributed by atoms with Crippen molar-refractivity contribution in [1.29, 1.82) is 0 Å². The fourth-order valence-corrected chi connectivity index (χ4v) is 2.61. The quantitative estimate of drug-likeness (QED) is 0.879. The van der Waals surface area contributed by atoms with Crippen molar-refractivity contribution in [3.8, 4) is 0 Å². The van der Waals surface area contributed by atoms with E-state index in [4.69, 9.17) is 0 Å². The molecule has 0 bridgehead atoms. The van der Waals surface area contributed by atoms with Gasteiger partial charge >= 0.3 is 0 Å². The SMILES string of the molecule is CC(C)CNS(=O)(=O)c1ccc(C(C)C)cc1. The van der Waals surface area contributed by atoms with E-state index >= 15 is 0 Å². The maximum absolute atomic E-state index is 11.9. The molecule has 0 heterocycles. The second kappa shape index (κ2) is 5.65. The molecule has 1 N–H and O–H groups in total. The number of nitrogens with one attached hydrogen (secondary N) is 1. The van der Waals surface area contributed by atoms with Crippen molar-refractivity contribution in [3.63, 3.8) is 0 Å². The third kappa shape index (κ3) is 4.13. The van der Waals surface area contributed by atoms with E-state index in [1.54, 1.807) is 12.1 Å². The van der Waals surface area contributed by atoms with Crippen LogP contribution in [-0.4, -0.2) is 15.0 Å². The van der Waals surface area contributed by atoms with Crippen LogP contribution < -0.4 is 4.72 Å². The first-order valence-corrected chi connectivity index (χ1v) is 7.41. The van der Waals surface area contributed by atoms with Gasteiger partial charge in [0.1, 0.15) is 0 Å². The highest BCUT2D eigenvalue weighted by atomic mass is 32.2. The van der Waals surface area contributed by atoms with Gasteiger partial charge in [-0.3, -0.25) is 0 Å². The lowest BCUT2D eigenvalue weighted by molar-refractivity contribution is 0.560. The Labute approximate surface area is 104 Å². The van der Waals surface area contributed by atoms with Gasteiger partial charge in [-0.1, -0.05) is 39.8 Å². The van der Waals surface area contributed by atoms with E-state index in [0.29, 0.717) is 23.3 Å². The van der Waals surface area contributed by atoms with Crippen LogP contribution >= 0.6 is 0 Å². The summed E-state index contributed by atoms with van der Waals surface area (Å²) in [7, 11) is -3.35. The highest BCUT2D eigenvalue weighted by Crippen LogP contribution is 2.17. The average molecular weight is 255 g/mol. The van der Waals surface area contributed by atoms with E-state index in [1.807, 2.05) is 26.0 Å². The van der Waals surface area contributed by atoms with E-state index in [-0.39, 0.29) is 0 Å². The molecule has 1 aromatic carbocycles. The van der Waals surface area contributed by atoms with Gasteiger partial charge in [0, 0.05) is 6.54 Å². The lowest BCUT2D eigenvalue weighted by Gasteiger charge is -2.10. The van der Waals surface area contributed by atoms with Crippen LogP contribution in [0.5, 0.6) is 0 Å². The first-order valence-electron chi connectivity index (χ1n) is 5.92. The van der Waals surface area contributed by atoms with Crippen LogP contribution in [0, 0.1) is 5.92 Å². The Balaban J connectivity index is 2.85. The first kappa shape index (κ1) is 14.2. The molecule has 3 nitrogen and oxygen atoms in total. The van der Waals surface area contributed by atoms with Crippen molar-refractivity contribution >= 4 is 10.0 Å². The van der Waals surface area contributed by atoms with Crippen molar-refractivity contribution in [2.75, 3.05) is 6.54 Å². The number of hydrogen-bond donors (Lipinski definition) is 1. The summed E-state index contributed by atoms with van der Waals surface area (Å²) in [6.07, 6.45) is 0. The first-order chi connectivity index (χ1) is 7.83. The van der Waals surface area contributed by atoms with Crippen LogP contribution in [0.1, 0.15) is 39.2 Å². The van der Waals surface area contributed by atoms with E-state index in [1.165, 1.54) is 0 Å². The Hall–Kier alpha value is -0.870. The standard InChI is InChI=1S/C13H21NO2S/c1-10(2)9-14-17(15,16)13-7-5-12(6-8-13)11(3)4/h5-8,10-11,14H,9H2,1-4H3. The fourth-order valence-electron chi connectivity index (χ4n) is 1.39. The monoisotopic (exact) mass is 255 g/mol. The Morgan fingerprint density at radius 2 is 1.59 bits per heavy atom. The van der Waals surface area contributed by atoms with E-state index in [0.717, 1.165) is 5.56 Å². The fraction of sp³-hybridized carbons (Fsp3) is 0.538. The average Bonchev–Trinajstić information content (AvgIpc) is 2.27. The summed E-state index contributed by atoms with van der Waals surface area (Å²) in [6.45, 7) is 8.59. The molecule has 0 aliphatic rings. The molecule has 0 unspecified atom stereocenters. The van der Waals surface area contributed by atoms with Crippen molar-refractivity contribution < 1.29 is 8.42 Å². The van der Waals surface area contributed by atoms with Gasteiger partial charge in [-0.05, 0) is 29.5 Å². The molecular weight excluding hydrogens is 234 g/mol. The molecule has 0 aliphatic heterocycles. The molecule has 0 amide bonds. The second-order valence-electron chi connectivity index (χ2n) is 4.97. The summed E-state index contributed by atoms with van der Waals surface area (Å²) in [5, 5.41) is 0. The molecule has 4 heteroatoms. The molecule has 0 atom stereocenters. The normalized spacial score (nSPS) is 12.4. The summed E-state index contributed by atoms with van der Waals surface area (Å²) in [4.78, 5) is 0.336. The molecule has 1 rings (SSSR count). The summed E-state index contributed by atoms with van der Waals surface area (Å²) in [5.41, 5.74) is 1.15. The predicted molar refractivity (Wildman–Crippen MR) is 70.6 cm³/mol.